The van der Waals surface area contributed by atoms with Crippen molar-refractivity contribution in [1.82, 2.24) is 9.13 Å². The minimum atomic E-state index is -0.0145. The van der Waals surface area contributed by atoms with Gasteiger partial charge in [0.05, 0.1) is 5.52 Å². The SMILES string of the molecule is Cc1ccc(C(=O)n2ccc3ccc(-c4ccc5ccn(Cc6ccccc6)c5c4)cc32)cc1. The van der Waals surface area contributed by atoms with Crippen LogP contribution in [0.25, 0.3) is 32.9 Å². The van der Waals surface area contributed by atoms with Crippen molar-refractivity contribution >= 4 is 27.7 Å². The van der Waals surface area contributed by atoms with E-state index < -0.39 is 0 Å². The second-order valence-corrected chi connectivity index (χ2v) is 8.83. The van der Waals surface area contributed by atoms with Crippen LogP contribution in [0.1, 0.15) is 21.5 Å². The first kappa shape index (κ1) is 20.3. The topological polar surface area (TPSA) is 26.9 Å². The van der Waals surface area contributed by atoms with Gasteiger partial charge < -0.3 is 4.57 Å². The maximum absolute atomic E-state index is 13.2. The molecule has 0 spiro atoms. The van der Waals surface area contributed by atoms with Crippen LogP contribution in [0.3, 0.4) is 0 Å². The number of hydrogen-bond donors (Lipinski definition) is 0. The number of fused-ring (bicyclic) bond motifs is 2. The van der Waals surface area contributed by atoms with Crippen LogP contribution in [0.15, 0.2) is 116 Å². The van der Waals surface area contributed by atoms with Gasteiger partial charge in [-0.25, -0.2) is 0 Å². The molecule has 0 atom stereocenters. The largest absolute Gasteiger partial charge is 0.343 e. The standard InChI is InChI=1S/C31H24N2O/c1-22-7-9-26(10-8-22)31(34)33-18-16-25-12-14-28(20-30(25)33)27-13-11-24-15-17-32(29(24)19-27)21-23-5-3-2-4-6-23/h2-20H,21H2,1H3. The van der Waals surface area contributed by atoms with Crippen LogP contribution in [-0.4, -0.2) is 15.0 Å². The number of aryl methyl sites for hydroxylation is 1. The lowest BCUT2D eigenvalue weighted by Crippen LogP contribution is -2.10. The maximum Gasteiger partial charge on any atom is 0.262 e. The molecule has 4 aromatic carbocycles. The molecule has 0 N–H and O–H groups in total. The van der Waals surface area contributed by atoms with Gasteiger partial charge in [-0.15, -0.1) is 0 Å². The Bertz CT molecular complexity index is 1640. The first-order chi connectivity index (χ1) is 16.7. The van der Waals surface area contributed by atoms with Crippen LogP contribution < -0.4 is 0 Å². The molecule has 0 fully saturated rings. The summed E-state index contributed by atoms with van der Waals surface area (Å²) in [5.41, 5.74) is 7.46. The third-order valence-corrected chi connectivity index (χ3v) is 6.51. The molecule has 34 heavy (non-hydrogen) atoms. The van der Waals surface area contributed by atoms with E-state index in [-0.39, 0.29) is 5.91 Å². The monoisotopic (exact) mass is 440 g/mol. The van der Waals surface area contributed by atoms with Crippen LogP contribution in [0.5, 0.6) is 0 Å². The number of hydrogen-bond acceptors (Lipinski definition) is 1. The molecule has 6 aromatic rings. The highest BCUT2D eigenvalue weighted by Crippen LogP contribution is 2.29. The minimum absolute atomic E-state index is 0.0145. The molecule has 0 saturated carbocycles. The summed E-state index contributed by atoms with van der Waals surface area (Å²) < 4.78 is 4.04. The zero-order valence-corrected chi connectivity index (χ0v) is 19.0. The van der Waals surface area contributed by atoms with E-state index in [0.717, 1.165) is 34.1 Å². The number of benzene rings is 4. The first-order valence-electron chi connectivity index (χ1n) is 11.5. The van der Waals surface area contributed by atoms with Crippen molar-refractivity contribution in [3.63, 3.8) is 0 Å². The highest BCUT2D eigenvalue weighted by molar-refractivity contribution is 6.03. The van der Waals surface area contributed by atoms with Gasteiger partial charge in [0.15, 0.2) is 0 Å². The second kappa shape index (κ2) is 8.20. The van der Waals surface area contributed by atoms with Gasteiger partial charge in [0.2, 0.25) is 0 Å². The molecular formula is C31H24N2O. The lowest BCUT2D eigenvalue weighted by atomic mass is 10.0. The lowest BCUT2D eigenvalue weighted by Gasteiger charge is -2.09. The number of carbonyl (C=O) groups excluding carboxylic acids is 1. The van der Waals surface area contributed by atoms with E-state index in [0.29, 0.717) is 5.56 Å². The average Bonchev–Trinajstić information content (AvgIpc) is 3.48. The molecular weight excluding hydrogens is 416 g/mol. The fourth-order valence-corrected chi connectivity index (χ4v) is 4.60. The molecule has 2 aromatic heterocycles. The molecule has 0 saturated heterocycles. The zero-order valence-electron chi connectivity index (χ0n) is 19.0. The van der Waals surface area contributed by atoms with Crippen molar-refractivity contribution in [2.75, 3.05) is 0 Å². The highest BCUT2D eigenvalue weighted by Gasteiger charge is 2.13. The third kappa shape index (κ3) is 3.61. The fourth-order valence-electron chi connectivity index (χ4n) is 4.60. The molecule has 2 heterocycles. The van der Waals surface area contributed by atoms with E-state index in [9.17, 15) is 4.79 Å². The van der Waals surface area contributed by atoms with Crippen LogP contribution in [-0.2, 0) is 6.54 Å². The van der Waals surface area contributed by atoms with Gasteiger partial charge in [0.1, 0.15) is 0 Å². The van der Waals surface area contributed by atoms with Gasteiger partial charge in [-0.2, -0.15) is 0 Å². The molecule has 3 heteroatoms. The first-order valence-corrected chi connectivity index (χ1v) is 11.5. The fraction of sp³-hybridized carbons (Fsp3) is 0.0645. The highest BCUT2D eigenvalue weighted by atomic mass is 16.2. The van der Waals surface area contributed by atoms with Gasteiger partial charge in [0, 0.05) is 35.4 Å². The molecule has 0 aliphatic carbocycles. The Morgan fingerprint density at radius 2 is 1.32 bits per heavy atom. The Kier molecular flexibility index (Phi) is 4.88. The Hall–Kier alpha value is -4.37. The summed E-state index contributed by atoms with van der Waals surface area (Å²) in [6, 6.07) is 35.3. The number of rotatable bonds is 4. The Balaban J connectivity index is 1.39. The average molecular weight is 441 g/mol. The van der Waals surface area contributed by atoms with Crippen molar-refractivity contribution in [2.24, 2.45) is 0 Å². The third-order valence-electron chi connectivity index (χ3n) is 6.51. The molecule has 0 aliphatic rings. The van der Waals surface area contributed by atoms with Gasteiger partial charge in [-0.1, -0.05) is 72.3 Å². The molecule has 6 rings (SSSR count). The summed E-state index contributed by atoms with van der Waals surface area (Å²) >= 11 is 0. The molecule has 3 nitrogen and oxygen atoms in total. The van der Waals surface area contributed by atoms with Crippen LogP contribution in [0, 0.1) is 6.92 Å². The number of nitrogens with zero attached hydrogens (tertiary/aromatic N) is 2. The van der Waals surface area contributed by atoms with Crippen molar-refractivity contribution < 1.29 is 4.79 Å². The summed E-state index contributed by atoms with van der Waals surface area (Å²) in [6.07, 6.45) is 4.01. The Labute approximate surface area is 198 Å². The van der Waals surface area contributed by atoms with Crippen molar-refractivity contribution in [3.05, 3.63) is 132 Å². The van der Waals surface area contributed by atoms with Crippen molar-refractivity contribution in [3.8, 4) is 11.1 Å². The summed E-state index contributed by atoms with van der Waals surface area (Å²) in [5, 5.41) is 2.27. The van der Waals surface area contributed by atoms with E-state index in [4.69, 9.17) is 0 Å². The Morgan fingerprint density at radius 3 is 2.06 bits per heavy atom. The molecule has 0 aliphatic heterocycles. The normalized spacial score (nSPS) is 11.3. The van der Waals surface area contributed by atoms with Gasteiger partial charge in [0.25, 0.3) is 5.91 Å². The van der Waals surface area contributed by atoms with Crippen LogP contribution >= 0.6 is 0 Å². The number of aromatic nitrogens is 2. The summed E-state index contributed by atoms with van der Waals surface area (Å²) in [5.74, 6) is -0.0145. The molecule has 0 amide bonds. The summed E-state index contributed by atoms with van der Waals surface area (Å²) in [6.45, 7) is 2.86. The smallest absolute Gasteiger partial charge is 0.262 e. The quantitative estimate of drug-likeness (QED) is 0.282. The van der Waals surface area contributed by atoms with Crippen LogP contribution in [0.2, 0.25) is 0 Å². The Morgan fingerprint density at radius 1 is 0.676 bits per heavy atom. The van der Waals surface area contributed by atoms with E-state index in [1.807, 2.05) is 49.5 Å². The molecule has 164 valence electrons. The van der Waals surface area contributed by atoms with Gasteiger partial charge in [-0.3, -0.25) is 9.36 Å². The summed E-state index contributed by atoms with van der Waals surface area (Å²) in [7, 11) is 0. The predicted octanol–water partition coefficient (Wildman–Crippen LogP) is 7.31. The lowest BCUT2D eigenvalue weighted by molar-refractivity contribution is 0.0965. The maximum atomic E-state index is 13.2. The number of carbonyl (C=O) groups is 1. The van der Waals surface area contributed by atoms with E-state index in [1.165, 1.54) is 16.5 Å². The van der Waals surface area contributed by atoms with E-state index in [1.54, 1.807) is 4.57 Å². The van der Waals surface area contributed by atoms with Crippen LogP contribution in [0.4, 0.5) is 0 Å². The minimum Gasteiger partial charge on any atom is -0.343 e. The second-order valence-electron chi connectivity index (χ2n) is 8.83. The van der Waals surface area contributed by atoms with Gasteiger partial charge >= 0.3 is 0 Å². The van der Waals surface area contributed by atoms with E-state index in [2.05, 4.69) is 77.5 Å². The zero-order chi connectivity index (χ0) is 23.1. The van der Waals surface area contributed by atoms with Gasteiger partial charge in [-0.05, 0) is 65.4 Å². The molecule has 0 unspecified atom stereocenters. The summed E-state index contributed by atoms with van der Waals surface area (Å²) in [4.78, 5) is 13.2. The van der Waals surface area contributed by atoms with Crippen molar-refractivity contribution in [2.45, 2.75) is 13.5 Å². The molecule has 0 bridgehead atoms. The van der Waals surface area contributed by atoms with Crippen molar-refractivity contribution in [1.29, 1.82) is 0 Å². The van der Waals surface area contributed by atoms with E-state index >= 15 is 0 Å². The predicted molar refractivity (Wildman–Crippen MR) is 139 cm³/mol. The molecule has 0 radical (unpaired) electrons.